The van der Waals surface area contributed by atoms with Crippen molar-refractivity contribution in [1.82, 2.24) is 20.1 Å². The van der Waals surface area contributed by atoms with Gasteiger partial charge in [0.1, 0.15) is 12.2 Å². The molecule has 0 fully saturated rings. The molecule has 0 amide bonds. The zero-order chi connectivity index (χ0) is 9.84. The summed E-state index contributed by atoms with van der Waals surface area (Å²) in [6.07, 6.45) is 1.77. The van der Waals surface area contributed by atoms with Crippen molar-refractivity contribution in [3.63, 3.8) is 0 Å². The number of aryl methyl sites for hydroxylation is 1. The van der Waals surface area contributed by atoms with Gasteiger partial charge >= 0.3 is 0 Å². The Balaban J connectivity index is 2.69. The van der Waals surface area contributed by atoms with E-state index in [-0.39, 0.29) is 6.04 Å². The molecule has 1 aromatic heterocycles. The molecule has 0 aliphatic carbocycles. The molecule has 0 aliphatic heterocycles. The third-order valence-corrected chi connectivity index (χ3v) is 1.96. The molecule has 13 heavy (non-hydrogen) atoms. The van der Waals surface area contributed by atoms with Crippen molar-refractivity contribution >= 4 is 0 Å². The van der Waals surface area contributed by atoms with Crippen molar-refractivity contribution < 1.29 is 0 Å². The molecule has 0 saturated heterocycles. The molecule has 1 N–H and O–H groups in total. The van der Waals surface area contributed by atoms with Gasteiger partial charge in [-0.05, 0) is 13.8 Å². The summed E-state index contributed by atoms with van der Waals surface area (Å²) in [7, 11) is 0. The van der Waals surface area contributed by atoms with Gasteiger partial charge in [0, 0.05) is 12.6 Å². The lowest BCUT2D eigenvalue weighted by Gasteiger charge is -2.16. The van der Waals surface area contributed by atoms with Crippen LogP contribution in [-0.4, -0.2) is 20.8 Å². The molecule has 1 atom stereocenters. The van der Waals surface area contributed by atoms with Gasteiger partial charge in [0.05, 0.1) is 6.04 Å². The van der Waals surface area contributed by atoms with Crippen molar-refractivity contribution in [3.05, 3.63) is 12.2 Å². The Kier molecular flexibility index (Phi) is 3.42. The lowest BCUT2D eigenvalue weighted by molar-refractivity contribution is 0.469. The fourth-order valence-electron chi connectivity index (χ4n) is 1.42. The monoisotopic (exact) mass is 182 g/mol. The van der Waals surface area contributed by atoms with Crippen LogP contribution in [0.5, 0.6) is 0 Å². The second-order valence-corrected chi connectivity index (χ2v) is 3.52. The van der Waals surface area contributed by atoms with Crippen molar-refractivity contribution in [2.24, 2.45) is 0 Å². The van der Waals surface area contributed by atoms with Crippen LogP contribution < -0.4 is 5.32 Å². The lowest BCUT2D eigenvalue weighted by atomic mass is 10.2. The Morgan fingerprint density at radius 2 is 2.15 bits per heavy atom. The molecule has 1 aromatic rings. The van der Waals surface area contributed by atoms with E-state index in [2.05, 4.69) is 47.8 Å². The average molecular weight is 182 g/mol. The van der Waals surface area contributed by atoms with Crippen LogP contribution in [0.2, 0.25) is 0 Å². The maximum absolute atomic E-state index is 4.09. The van der Waals surface area contributed by atoms with Gasteiger partial charge in [-0.25, -0.2) is 0 Å². The Morgan fingerprint density at radius 3 is 2.69 bits per heavy atom. The molecule has 74 valence electrons. The first-order valence-electron chi connectivity index (χ1n) is 4.79. The third-order valence-electron chi connectivity index (χ3n) is 1.96. The Morgan fingerprint density at radius 1 is 1.46 bits per heavy atom. The van der Waals surface area contributed by atoms with Gasteiger partial charge < -0.3 is 9.88 Å². The van der Waals surface area contributed by atoms with E-state index in [9.17, 15) is 0 Å². The minimum atomic E-state index is 0.266. The number of hydrogen-bond acceptors (Lipinski definition) is 3. The first kappa shape index (κ1) is 10.2. The minimum Gasteiger partial charge on any atom is -0.317 e. The van der Waals surface area contributed by atoms with E-state index in [1.54, 1.807) is 6.33 Å². The molecule has 0 radical (unpaired) electrons. The molecule has 0 aromatic carbocycles. The summed E-state index contributed by atoms with van der Waals surface area (Å²) in [5, 5.41) is 11.4. The predicted molar refractivity (Wildman–Crippen MR) is 52.4 cm³/mol. The van der Waals surface area contributed by atoms with E-state index in [4.69, 9.17) is 0 Å². The topological polar surface area (TPSA) is 42.7 Å². The van der Waals surface area contributed by atoms with Crippen LogP contribution in [0.25, 0.3) is 0 Å². The van der Waals surface area contributed by atoms with Crippen LogP contribution in [0.4, 0.5) is 0 Å². The fourth-order valence-corrected chi connectivity index (χ4v) is 1.42. The smallest absolute Gasteiger partial charge is 0.149 e. The predicted octanol–water partition coefficient (Wildman–Crippen LogP) is 1.36. The van der Waals surface area contributed by atoms with Crippen LogP contribution in [0.1, 0.15) is 39.6 Å². The standard InChI is InChI=1S/C9H18N4/c1-5-13-6-10-12-9(13)8(4)11-7(2)3/h6-8,11H,5H2,1-4H3. The van der Waals surface area contributed by atoms with Gasteiger partial charge in [-0.1, -0.05) is 13.8 Å². The van der Waals surface area contributed by atoms with Crippen molar-refractivity contribution in [1.29, 1.82) is 0 Å². The molecule has 0 aliphatic rings. The van der Waals surface area contributed by atoms with Crippen LogP contribution in [-0.2, 0) is 6.54 Å². The molecule has 1 rings (SSSR count). The van der Waals surface area contributed by atoms with Crippen LogP contribution >= 0.6 is 0 Å². The Hall–Kier alpha value is -0.900. The van der Waals surface area contributed by atoms with E-state index in [0.717, 1.165) is 12.4 Å². The number of nitrogens with zero attached hydrogens (tertiary/aromatic N) is 3. The highest BCUT2D eigenvalue weighted by Crippen LogP contribution is 2.08. The van der Waals surface area contributed by atoms with Crippen molar-refractivity contribution in [2.75, 3.05) is 0 Å². The van der Waals surface area contributed by atoms with Gasteiger partial charge in [0.25, 0.3) is 0 Å². The quantitative estimate of drug-likeness (QED) is 0.764. The van der Waals surface area contributed by atoms with Gasteiger partial charge in [-0.2, -0.15) is 0 Å². The molecular formula is C9H18N4. The third kappa shape index (κ3) is 2.52. The summed E-state index contributed by atoms with van der Waals surface area (Å²) >= 11 is 0. The number of rotatable bonds is 4. The van der Waals surface area contributed by atoms with E-state index >= 15 is 0 Å². The van der Waals surface area contributed by atoms with E-state index < -0.39 is 0 Å². The first-order chi connectivity index (χ1) is 6.15. The van der Waals surface area contributed by atoms with Gasteiger partial charge in [-0.3, -0.25) is 0 Å². The average Bonchev–Trinajstić information content (AvgIpc) is 2.49. The van der Waals surface area contributed by atoms with Crippen molar-refractivity contribution in [3.8, 4) is 0 Å². The molecule has 1 heterocycles. The second kappa shape index (κ2) is 4.37. The molecule has 0 bridgehead atoms. The molecule has 4 heteroatoms. The number of nitrogens with one attached hydrogen (secondary N) is 1. The molecular weight excluding hydrogens is 164 g/mol. The molecule has 4 nitrogen and oxygen atoms in total. The zero-order valence-electron chi connectivity index (χ0n) is 8.78. The number of aromatic nitrogens is 3. The largest absolute Gasteiger partial charge is 0.317 e. The van der Waals surface area contributed by atoms with Crippen LogP contribution in [0, 0.1) is 0 Å². The van der Waals surface area contributed by atoms with E-state index in [1.165, 1.54) is 0 Å². The highest BCUT2D eigenvalue weighted by atomic mass is 15.3. The summed E-state index contributed by atoms with van der Waals surface area (Å²) in [5.74, 6) is 1.01. The SMILES string of the molecule is CCn1cnnc1C(C)NC(C)C. The molecule has 0 saturated carbocycles. The number of hydrogen-bond donors (Lipinski definition) is 1. The zero-order valence-corrected chi connectivity index (χ0v) is 8.78. The van der Waals surface area contributed by atoms with E-state index in [0.29, 0.717) is 6.04 Å². The molecule has 0 spiro atoms. The highest BCUT2D eigenvalue weighted by Gasteiger charge is 2.12. The second-order valence-electron chi connectivity index (χ2n) is 3.52. The van der Waals surface area contributed by atoms with Gasteiger partial charge in [0.15, 0.2) is 0 Å². The van der Waals surface area contributed by atoms with Crippen LogP contribution in [0.3, 0.4) is 0 Å². The van der Waals surface area contributed by atoms with Crippen molar-refractivity contribution in [2.45, 2.75) is 46.3 Å². The Bertz CT molecular complexity index is 254. The maximum Gasteiger partial charge on any atom is 0.149 e. The maximum atomic E-state index is 4.09. The van der Waals surface area contributed by atoms with Gasteiger partial charge in [0.2, 0.25) is 0 Å². The summed E-state index contributed by atoms with van der Waals surface area (Å²) in [4.78, 5) is 0. The highest BCUT2D eigenvalue weighted by molar-refractivity contribution is 4.93. The minimum absolute atomic E-state index is 0.266. The summed E-state index contributed by atoms with van der Waals surface area (Å²) < 4.78 is 2.06. The summed E-state index contributed by atoms with van der Waals surface area (Å²) in [6, 6.07) is 0.736. The normalized spacial score (nSPS) is 13.6. The van der Waals surface area contributed by atoms with Crippen LogP contribution in [0.15, 0.2) is 6.33 Å². The summed E-state index contributed by atoms with van der Waals surface area (Å²) in [6.45, 7) is 9.38. The first-order valence-corrected chi connectivity index (χ1v) is 4.79. The van der Waals surface area contributed by atoms with E-state index in [1.807, 2.05) is 0 Å². The fraction of sp³-hybridized carbons (Fsp3) is 0.778. The molecule has 1 unspecified atom stereocenters. The lowest BCUT2D eigenvalue weighted by Crippen LogP contribution is -2.28. The summed E-state index contributed by atoms with van der Waals surface area (Å²) in [5.41, 5.74) is 0. The Labute approximate surface area is 79.4 Å². The van der Waals surface area contributed by atoms with Gasteiger partial charge in [-0.15, -0.1) is 10.2 Å².